The second-order valence-corrected chi connectivity index (χ2v) is 20.7. The first-order valence-electron chi connectivity index (χ1n) is 14.6. The lowest BCUT2D eigenvalue weighted by atomic mass is 10.0. The summed E-state index contributed by atoms with van der Waals surface area (Å²) in [5.41, 5.74) is -0.169. The van der Waals surface area contributed by atoms with E-state index in [0.717, 1.165) is 0 Å². The summed E-state index contributed by atoms with van der Waals surface area (Å²) in [5, 5.41) is 2.60. The number of ether oxygens (including phenoxy) is 2. The van der Waals surface area contributed by atoms with E-state index in [2.05, 4.69) is 44.2 Å². The number of carbonyl (C=O) groups is 2. The summed E-state index contributed by atoms with van der Waals surface area (Å²) in [4.78, 5) is 40.8. The normalized spacial score (nSPS) is 19.5. The zero-order valence-corrected chi connectivity index (χ0v) is 29.2. The molecule has 1 aliphatic rings. The van der Waals surface area contributed by atoms with Crippen LogP contribution < -0.4 is 11.0 Å². The Morgan fingerprint density at radius 1 is 1.11 bits per heavy atom. The standard InChI is InChI=1S/C30H42F3N3O6S2Si/c1-28(2,3)45(6,7)41-18-22-21(40-19-43-44-29(4,5)15-13-23(37)30(31,32)33)17-25(42-22)36-16-14-24(35-27(36)39)34-26(38)20-11-9-8-10-12-20/h8-12,14,16,21-22,25H,13,15,17-19H2,1-7H3,(H,34,35,38,39)/t21?,22-,25-/m1/s1. The van der Waals surface area contributed by atoms with Crippen LogP contribution in [0.25, 0.3) is 0 Å². The van der Waals surface area contributed by atoms with Gasteiger partial charge in [-0.2, -0.15) is 18.2 Å². The van der Waals surface area contributed by atoms with Crippen LogP contribution in [0.4, 0.5) is 19.0 Å². The van der Waals surface area contributed by atoms with Gasteiger partial charge < -0.3 is 19.2 Å². The van der Waals surface area contributed by atoms with E-state index in [1.54, 1.807) is 44.2 Å². The first-order chi connectivity index (χ1) is 20.8. The van der Waals surface area contributed by atoms with Crippen LogP contribution >= 0.6 is 21.6 Å². The maximum absolute atomic E-state index is 13.0. The monoisotopic (exact) mass is 689 g/mol. The predicted octanol–water partition coefficient (Wildman–Crippen LogP) is 7.22. The van der Waals surface area contributed by atoms with Crippen LogP contribution in [-0.4, -0.2) is 65.2 Å². The minimum Gasteiger partial charge on any atom is -0.414 e. The molecule has 0 radical (unpaired) electrons. The van der Waals surface area contributed by atoms with Crippen molar-refractivity contribution >= 4 is 47.4 Å². The van der Waals surface area contributed by atoms with E-state index < -0.39 is 55.6 Å². The Labute approximate surface area is 270 Å². The molecule has 1 saturated heterocycles. The maximum atomic E-state index is 13.0. The smallest absolute Gasteiger partial charge is 0.414 e. The van der Waals surface area contributed by atoms with Crippen molar-refractivity contribution in [1.82, 2.24) is 9.55 Å². The number of amides is 1. The summed E-state index contributed by atoms with van der Waals surface area (Å²) < 4.78 is 57.5. The topological polar surface area (TPSA) is 109 Å². The van der Waals surface area contributed by atoms with E-state index in [4.69, 9.17) is 13.9 Å². The Balaban J connectivity index is 1.65. The molecule has 2 heterocycles. The summed E-state index contributed by atoms with van der Waals surface area (Å²) in [6.45, 7) is 14.5. The Hall–Kier alpha value is -2.17. The SMILES string of the molecule is CC(C)(CCC(=O)C(F)(F)F)SSCOC1C[C@H](n2ccc(NC(=O)c3ccccc3)nc2=O)O[C@@H]1CO[Si](C)(C)C(C)(C)C. The molecule has 3 atom stereocenters. The number of anilines is 1. The van der Waals surface area contributed by atoms with Crippen LogP contribution in [0, 0.1) is 0 Å². The number of rotatable bonds is 14. The number of Topliss-reactive ketones (excluding diaryl/α,β-unsaturated/α-hetero) is 1. The van der Waals surface area contributed by atoms with Crippen molar-refractivity contribution in [2.75, 3.05) is 17.9 Å². The average molecular weight is 690 g/mol. The van der Waals surface area contributed by atoms with Gasteiger partial charge in [0, 0.05) is 29.3 Å². The molecular weight excluding hydrogens is 648 g/mol. The molecule has 15 heteroatoms. The van der Waals surface area contributed by atoms with Gasteiger partial charge in [-0.3, -0.25) is 14.2 Å². The number of ketones is 1. The highest BCUT2D eigenvalue weighted by Crippen LogP contribution is 2.41. The molecule has 2 aromatic rings. The van der Waals surface area contributed by atoms with E-state index in [9.17, 15) is 27.6 Å². The van der Waals surface area contributed by atoms with Crippen molar-refractivity contribution in [3.05, 3.63) is 58.6 Å². The molecular formula is C30H42F3N3O6S2Si. The third-order valence-electron chi connectivity index (χ3n) is 7.90. The molecule has 250 valence electrons. The van der Waals surface area contributed by atoms with E-state index >= 15 is 0 Å². The highest BCUT2D eigenvalue weighted by atomic mass is 33.1. The molecule has 9 nitrogen and oxygen atoms in total. The fourth-order valence-corrected chi connectivity index (χ4v) is 7.39. The zero-order valence-electron chi connectivity index (χ0n) is 26.6. The third kappa shape index (κ3) is 11.0. The predicted molar refractivity (Wildman–Crippen MR) is 174 cm³/mol. The van der Waals surface area contributed by atoms with Crippen molar-refractivity contribution < 1.29 is 36.7 Å². The van der Waals surface area contributed by atoms with Crippen LogP contribution in [0.2, 0.25) is 18.1 Å². The fraction of sp³-hybridized carbons (Fsp3) is 0.600. The molecule has 3 rings (SSSR count). The van der Waals surface area contributed by atoms with E-state index in [0.29, 0.717) is 12.0 Å². The molecule has 0 spiro atoms. The van der Waals surface area contributed by atoms with Crippen LogP contribution in [0.1, 0.15) is 70.5 Å². The molecule has 1 amide bonds. The Morgan fingerprint density at radius 3 is 2.38 bits per heavy atom. The molecule has 1 aromatic carbocycles. The van der Waals surface area contributed by atoms with Crippen molar-refractivity contribution in [3.8, 4) is 0 Å². The molecule has 0 saturated carbocycles. The lowest BCUT2D eigenvalue weighted by molar-refractivity contribution is -0.171. The average Bonchev–Trinajstić information content (AvgIpc) is 3.35. The van der Waals surface area contributed by atoms with Gasteiger partial charge in [0.15, 0.2) is 8.32 Å². The van der Waals surface area contributed by atoms with Gasteiger partial charge in [0.05, 0.1) is 12.7 Å². The van der Waals surface area contributed by atoms with Gasteiger partial charge in [0.25, 0.3) is 5.91 Å². The largest absolute Gasteiger partial charge is 0.449 e. The third-order valence-corrected chi connectivity index (χ3v) is 15.4. The van der Waals surface area contributed by atoms with Crippen molar-refractivity contribution in [2.24, 2.45) is 0 Å². The first-order valence-corrected chi connectivity index (χ1v) is 19.8. The molecule has 1 unspecified atom stereocenters. The first kappa shape index (κ1) is 37.3. The van der Waals surface area contributed by atoms with E-state index in [1.165, 1.54) is 38.4 Å². The second-order valence-electron chi connectivity index (χ2n) is 13.0. The van der Waals surface area contributed by atoms with Crippen molar-refractivity contribution in [2.45, 2.75) is 101 Å². The van der Waals surface area contributed by atoms with Crippen molar-refractivity contribution in [3.63, 3.8) is 0 Å². The summed E-state index contributed by atoms with van der Waals surface area (Å²) in [6.07, 6.45) is -5.10. The quantitative estimate of drug-likeness (QED) is 0.0952. The maximum Gasteiger partial charge on any atom is 0.449 e. The Morgan fingerprint density at radius 2 is 1.78 bits per heavy atom. The number of carbonyl (C=O) groups excluding carboxylic acids is 2. The summed E-state index contributed by atoms with van der Waals surface area (Å²) in [6, 6.07) is 10.1. The Bertz CT molecular complexity index is 1370. The van der Waals surface area contributed by atoms with E-state index in [-0.39, 0.29) is 35.7 Å². The molecule has 45 heavy (non-hydrogen) atoms. The molecule has 1 aliphatic heterocycles. The highest BCUT2D eigenvalue weighted by molar-refractivity contribution is 8.77. The van der Waals surface area contributed by atoms with E-state index in [1.807, 2.05) is 0 Å². The number of nitrogens with zero attached hydrogens (tertiary/aromatic N) is 2. The highest BCUT2D eigenvalue weighted by Gasteiger charge is 2.42. The fourth-order valence-electron chi connectivity index (χ4n) is 4.08. The van der Waals surface area contributed by atoms with Gasteiger partial charge in [-0.1, -0.05) is 60.6 Å². The molecule has 1 aromatic heterocycles. The number of hydrogen-bond donors (Lipinski definition) is 1. The van der Waals surface area contributed by atoms with Gasteiger partial charge in [-0.25, -0.2) is 4.79 Å². The number of halogens is 3. The van der Waals surface area contributed by atoms with Crippen LogP contribution in [0.15, 0.2) is 47.4 Å². The van der Waals surface area contributed by atoms with Gasteiger partial charge in [0.2, 0.25) is 5.78 Å². The van der Waals surface area contributed by atoms with Crippen molar-refractivity contribution in [1.29, 1.82) is 0 Å². The lowest BCUT2D eigenvalue weighted by Gasteiger charge is -2.37. The summed E-state index contributed by atoms with van der Waals surface area (Å²) in [5.74, 6) is -1.80. The molecule has 0 aliphatic carbocycles. The number of aromatic nitrogens is 2. The molecule has 0 bridgehead atoms. The van der Waals surface area contributed by atoms with Gasteiger partial charge in [0.1, 0.15) is 24.1 Å². The van der Waals surface area contributed by atoms with Crippen LogP contribution in [-0.2, 0) is 18.7 Å². The number of hydrogen-bond acceptors (Lipinski definition) is 9. The minimum absolute atomic E-state index is 0.0339. The summed E-state index contributed by atoms with van der Waals surface area (Å²) >= 11 is 0. The lowest BCUT2D eigenvalue weighted by Crippen LogP contribution is -2.44. The van der Waals surface area contributed by atoms with Crippen LogP contribution in [0.3, 0.4) is 0 Å². The number of nitrogens with one attached hydrogen (secondary N) is 1. The zero-order chi connectivity index (χ0) is 33.6. The number of benzene rings is 1. The van der Waals surface area contributed by atoms with Gasteiger partial charge >= 0.3 is 11.9 Å². The van der Waals surface area contributed by atoms with Crippen LogP contribution in [0.5, 0.6) is 0 Å². The van der Waals surface area contributed by atoms with Gasteiger partial charge in [-0.05, 0) is 56.6 Å². The Kier molecular flexibility index (Phi) is 12.6. The minimum atomic E-state index is -4.83. The summed E-state index contributed by atoms with van der Waals surface area (Å²) in [7, 11) is 0.550. The molecule has 1 fully saturated rings. The van der Waals surface area contributed by atoms with Gasteiger partial charge in [-0.15, -0.1) is 0 Å². The number of alkyl halides is 3. The second kappa shape index (κ2) is 15.2. The molecule has 1 N–H and O–H groups in total.